The molecule has 94 valence electrons. The first-order chi connectivity index (χ1) is 8.11. The van der Waals surface area contributed by atoms with Gasteiger partial charge in [0.2, 0.25) is 0 Å². The fraction of sp³-hybridized carbons (Fsp3) is 0.538. The van der Waals surface area contributed by atoms with Crippen LogP contribution in [0, 0.1) is 11.6 Å². The van der Waals surface area contributed by atoms with Crippen LogP contribution in [0.3, 0.4) is 0 Å². The second-order valence-corrected chi connectivity index (χ2v) is 4.69. The number of hydrogen-bond donors (Lipinski definition) is 1. The zero-order chi connectivity index (χ0) is 12.4. The van der Waals surface area contributed by atoms with Gasteiger partial charge in [-0.05, 0) is 31.9 Å². The molecule has 0 saturated carbocycles. The van der Waals surface area contributed by atoms with Gasteiger partial charge in [-0.15, -0.1) is 0 Å². The van der Waals surface area contributed by atoms with Crippen LogP contribution < -0.4 is 10.6 Å². The summed E-state index contributed by atoms with van der Waals surface area (Å²) in [6, 6.07) is 2.72. The predicted octanol–water partition coefficient (Wildman–Crippen LogP) is 3.32. The lowest BCUT2D eigenvalue weighted by atomic mass is 10.1. The van der Waals surface area contributed by atoms with E-state index in [4.69, 9.17) is 5.73 Å². The van der Waals surface area contributed by atoms with Crippen molar-refractivity contribution in [1.82, 2.24) is 0 Å². The van der Waals surface area contributed by atoms with E-state index < -0.39 is 11.6 Å². The van der Waals surface area contributed by atoms with Crippen molar-refractivity contribution in [3.8, 4) is 0 Å². The normalized spacial score (nSPS) is 21.4. The minimum absolute atomic E-state index is 0.205. The van der Waals surface area contributed by atoms with E-state index in [0.29, 0.717) is 5.69 Å². The Morgan fingerprint density at radius 1 is 1.24 bits per heavy atom. The number of anilines is 2. The smallest absolute Gasteiger partial charge is 0.184 e. The average molecular weight is 240 g/mol. The van der Waals surface area contributed by atoms with Crippen LogP contribution in [0.15, 0.2) is 12.1 Å². The molecule has 1 aliphatic heterocycles. The van der Waals surface area contributed by atoms with Gasteiger partial charge < -0.3 is 10.6 Å². The highest BCUT2D eigenvalue weighted by atomic mass is 19.2. The van der Waals surface area contributed by atoms with Crippen molar-refractivity contribution < 1.29 is 8.78 Å². The Morgan fingerprint density at radius 3 is 2.76 bits per heavy atom. The minimum atomic E-state index is -0.828. The van der Waals surface area contributed by atoms with Crippen LogP contribution in [0.2, 0.25) is 0 Å². The molecule has 1 saturated heterocycles. The van der Waals surface area contributed by atoms with Gasteiger partial charge in [0, 0.05) is 12.6 Å². The minimum Gasteiger partial charge on any atom is -0.397 e. The third kappa shape index (κ3) is 2.35. The lowest BCUT2D eigenvalue weighted by molar-refractivity contribution is 0.500. The topological polar surface area (TPSA) is 29.3 Å². The predicted molar refractivity (Wildman–Crippen MR) is 66.0 cm³/mol. The second-order valence-electron chi connectivity index (χ2n) is 4.69. The molecular formula is C13H18F2N2. The van der Waals surface area contributed by atoms with E-state index >= 15 is 0 Å². The van der Waals surface area contributed by atoms with Crippen LogP contribution >= 0.6 is 0 Å². The Kier molecular flexibility index (Phi) is 3.50. The Labute approximate surface area is 100 Å². The number of rotatable bonds is 1. The Balaban J connectivity index is 2.40. The zero-order valence-corrected chi connectivity index (χ0v) is 10.0. The summed E-state index contributed by atoms with van der Waals surface area (Å²) in [7, 11) is 0. The molecule has 1 heterocycles. The summed E-state index contributed by atoms with van der Waals surface area (Å²) in [6.07, 6.45) is 4.27. The van der Waals surface area contributed by atoms with Crippen molar-refractivity contribution in [3.05, 3.63) is 23.8 Å². The standard InChI is InChI=1S/C13H18F2N2/c1-9-5-3-2-4-8-17(9)13-11(16)7-6-10(14)12(13)15/h6-7,9H,2-5,8,16H2,1H3. The molecule has 17 heavy (non-hydrogen) atoms. The number of nitrogens with two attached hydrogens (primary N) is 1. The molecule has 0 spiro atoms. The highest BCUT2D eigenvalue weighted by Gasteiger charge is 2.23. The van der Waals surface area contributed by atoms with Gasteiger partial charge in [-0.2, -0.15) is 0 Å². The maximum atomic E-state index is 13.9. The van der Waals surface area contributed by atoms with E-state index in [0.717, 1.165) is 38.3 Å². The number of nitrogen functional groups attached to an aromatic ring is 1. The van der Waals surface area contributed by atoms with Gasteiger partial charge in [-0.25, -0.2) is 8.78 Å². The molecule has 1 unspecified atom stereocenters. The lowest BCUT2D eigenvalue weighted by Crippen LogP contribution is -2.34. The van der Waals surface area contributed by atoms with Crippen LogP contribution in [-0.2, 0) is 0 Å². The molecule has 4 heteroatoms. The molecule has 1 atom stereocenters. The summed E-state index contributed by atoms with van der Waals surface area (Å²) in [5.74, 6) is -1.65. The number of halogens is 2. The maximum Gasteiger partial charge on any atom is 0.184 e. The van der Waals surface area contributed by atoms with Gasteiger partial charge in [0.15, 0.2) is 11.6 Å². The van der Waals surface area contributed by atoms with Crippen LogP contribution in [0.1, 0.15) is 32.6 Å². The monoisotopic (exact) mass is 240 g/mol. The van der Waals surface area contributed by atoms with Crippen LogP contribution in [0.25, 0.3) is 0 Å². The van der Waals surface area contributed by atoms with Crippen molar-refractivity contribution in [3.63, 3.8) is 0 Å². The number of benzene rings is 1. The molecule has 0 radical (unpaired) electrons. The van der Waals surface area contributed by atoms with Gasteiger partial charge in [0.05, 0.1) is 11.4 Å². The Hall–Kier alpha value is -1.32. The van der Waals surface area contributed by atoms with Gasteiger partial charge in [0.25, 0.3) is 0 Å². The van der Waals surface area contributed by atoms with Crippen molar-refractivity contribution in [2.45, 2.75) is 38.6 Å². The highest BCUT2D eigenvalue weighted by molar-refractivity contribution is 5.68. The van der Waals surface area contributed by atoms with Gasteiger partial charge >= 0.3 is 0 Å². The molecule has 1 aromatic rings. The molecular weight excluding hydrogens is 222 g/mol. The first-order valence-corrected chi connectivity index (χ1v) is 6.11. The summed E-state index contributed by atoms with van der Waals surface area (Å²) < 4.78 is 27.1. The SMILES string of the molecule is CC1CCCCCN1c1c(N)ccc(F)c1F. The summed E-state index contributed by atoms with van der Waals surface area (Å²) in [6.45, 7) is 2.78. The maximum absolute atomic E-state index is 13.9. The molecule has 1 fully saturated rings. The second kappa shape index (κ2) is 4.90. The molecule has 2 nitrogen and oxygen atoms in total. The molecule has 0 amide bonds. The molecule has 2 rings (SSSR count). The summed E-state index contributed by atoms with van der Waals surface area (Å²) in [5.41, 5.74) is 6.34. The molecule has 0 bridgehead atoms. The highest BCUT2D eigenvalue weighted by Crippen LogP contribution is 2.32. The quantitative estimate of drug-likeness (QED) is 0.763. The molecule has 2 N–H and O–H groups in total. The van der Waals surface area contributed by atoms with Crippen molar-refractivity contribution in [2.75, 3.05) is 17.2 Å². The first kappa shape index (κ1) is 12.1. The van der Waals surface area contributed by atoms with E-state index in [2.05, 4.69) is 0 Å². The molecule has 1 aliphatic rings. The van der Waals surface area contributed by atoms with Gasteiger partial charge in [-0.3, -0.25) is 0 Å². The third-order valence-electron chi connectivity index (χ3n) is 3.44. The summed E-state index contributed by atoms with van der Waals surface area (Å²) >= 11 is 0. The van der Waals surface area contributed by atoms with E-state index in [1.807, 2.05) is 11.8 Å². The van der Waals surface area contributed by atoms with Crippen LogP contribution in [0.4, 0.5) is 20.2 Å². The number of hydrogen-bond acceptors (Lipinski definition) is 2. The molecule has 0 aromatic heterocycles. The largest absolute Gasteiger partial charge is 0.397 e. The van der Waals surface area contributed by atoms with E-state index in [9.17, 15) is 8.78 Å². The van der Waals surface area contributed by atoms with Crippen molar-refractivity contribution >= 4 is 11.4 Å². The summed E-state index contributed by atoms with van der Waals surface area (Å²) in [4.78, 5) is 1.90. The van der Waals surface area contributed by atoms with E-state index in [-0.39, 0.29) is 11.7 Å². The van der Waals surface area contributed by atoms with Crippen LogP contribution in [-0.4, -0.2) is 12.6 Å². The fourth-order valence-electron chi connectivity index (χ4n) is 2.45. The van der Waals surface area contributed by atoms with Crippen molar-refractivity contribution in [1.29, 1.82) is 0 Å². The number of nitrogens with zero attached hydrogens (tertiary/aromatic N) is 1. The zero-order valence-electron chi connectivity index (χ0n) is 10.0. The fourth-order valence-corrected chi connectivity index (χ4v) is 2.45. The Bertz CT molecular complexity index is 407. The van der Waals surface area contributed by atoms with E-state index in [1.165, 1.54) is 6.07 Å². The van der Waals surface area contributed by atoms with Gasteiger partial charge in [0.1, 0.15) is 0 Å². The van der Waals surface area contributed by atoms with Crippen molar-refractivity contribution in [2.24, 2.45) is 0 Å². The first-order valence-electron chi connectivity index (χ1n) is 6.11. The summed E-state index contributed by atoms with van der Waals surface area (Å²) in [5, 5.41) is 0. The average Bonchev–Trinajstić information content (AvgIpc) is 2.50. The third-order valence-corrected chi connectivity index (χ3v) is 3.44. The van der Waals surface area contributed by atoms with Gasteiger partial charge in [-0.1, -0.05) is 12.8 Å². The Morgan fingerprint density at radius 2 is 2.00 bits per heavy atom. The lowest BCUT2D eigenvalue weighted by Gasteiger charge is -2.30. The van der Waals surface area contributed by atoms with Crippen LogP contribution in [0.5, 0.6) is 0 Å². The van der Waals surface area contributed by atoms with E-state index in [1.54, 1.807) is 0 Å². The molecule has 1 aromatic carbocycles. The molecule has 0 aliphatic carbocycles.